The van der Waals surface area contributed by atoms with Crippen molar-refractivity contribution in [2.75, 3.05) is 13.2 Å². The van der Waals surface area contributed by atoms with Crippen LogP contribution in [0.2, 0.25) is 0 Å². The molecular formula is C13H27NO2. The molecule has 96 valence electrons. The Hall–Kier alpha value is -0.570. The van der Waals surface area contributed by atoms with Gasteiger partial charge >= 0.3 is 0 Å². The quantitative estimate of drug-likeness (QED) is 0.597. The molecule has 2 N–H and O–H groups in total. The van der Waals surface area contributed by atoms with Gasteiger partial charge in [-0.1, -0.05) is 40.0 Å². The zero-order chi connectivity index (χ0) is 12.4. The number of unbranched alkanes of at least 4 members (excludes halogenated alkanes) is 2. The van der Waals surface area contributed by atoms with E-state index in [-0.39, 0.29) is 17.9 Å². The molecule has 0 saturated carbocycles. The maximum absolute atomic E-state index is 11.4. The molecule has 0 aromatic carbocycles. The van der Waals surface area contributed by atoms with Crippen LogP contribution in [0.4, 0.5) is 0 Å². The lowest BCUT2D eigenvalue weighted by molar-refractivity contribution is -0.121. The number of carbonyl (C=O) groups is 1. The lowest BCUT2D eigenvalue weighted by atomic mass is 9.87. The molecule has 0 spiro atoms. The Balaban J connectivity index is 3.67. The Morgan fingerprint density at radius 3 is 2.50 bits per heavy atom. The number of amides is 1. The number of nitrogens with one attached hydrogen (secondary N) is 1. The molecule has 0 aliphatic heterocycles. The van der Waals surface area contributed by atoms with Gasteiger partial charge < -0.3 is 10.4 Å². The summed E-state index contributed by atoms with van der Waals surface area (Å²) in [5, 5.41) is 11.5. The highest BCUT2D eigenvalue weighted by Gasteiger charge is 2.17. The summed E-state index contributed by atoms with van der Waals surface area (Å²) in [4.78, 5) is 11.4. The monoisotopic (exact) mass is 229 g/mol. The van der Waals surface area contributed by atoms with E-state index < -0.39 is 0 Å². The van der Waals surface area contributed by atoms with Gasteiger partial charge in [-0.25, -0.2) is 0 Å². The SMILES string of the molecule is CCCCCC(C)(C)CNC(=O)CCCO. The summed E-state index contributed by atoms with van der Waals surface area (Å²) in [6.45, 7) is 7.40. The highest BCUT2D eigenvalue weighted by atomic mass is 16.3. The minimum absolute atomic E-state index is 0.0533. The minimum atomic E-state index is 0.0533. The number of aliphatic hydroxyl groups excluding tert-OH is 1. The van der Waals surface area contributed by atoms with Crippen molar-refractivity contribution in [2.24, 2.45) is 5.41 Å². The van der Waals surface area contributed by atoms with E-state index in [1.165, 1.54) is 19.3 Å². The van der Waals surface area contributed by atoms with Crippen molar-refractivity contribution in [3.8, 4) is 0 Å². The lowest BCUT2D eigenvalue weighted by Crippen LogP contribution is -2.33. The number of rotatable bonds is 9. The lowest BCUT2D eigenvalue weighted by Gasteiger charge is -2.24. The average molecular weight is 229 g/mol. The number of aliphatic hydroxyl groups is 1. The minimum Gasteiger partial charge on any atom is -0.396 e. The van der Waals surface area contributed by atoms with Crippen molar-refractivity contribution in [1.82, 2.24) is 5.32 Å². The molecular weight excluding hydrogens is 202 g/mol. The van der Waals surface area contributed by atoms with Crippen LogP contribution in [0.5, 0.6) is 0 Å². The van der Waals surface area contributed by atoms with E-state index in [4.69, 9.17) is 5.11 Å². The molecule has 0 saturated heterocycles. The van der Waals surface area contributed by atoms with Crippen molar-refractivity contribution in [3.05, 3.63) is 0 Å². The van der Waals surface area contributed by atoms with Gasteiger partial charge in [0.05, 0.1) is 0 Å². The molecule has 0 fully saturated rings. The van der Waals surface area contributed by atoms with E-state index in [0.717, 1.165) is 13.0 Å². The molecule has 0 rings (SSSR count). The van der Waals surface area contributed by atoms with Crippen molar-refractivity contribution in [2.45, 2.75) is 59.3 Å². The molecule has 3 heteroatoms. The first-order valence-electron chi connectivity index (χ1n) is 6.39. The van der Waals surface area contributed by atoms with Crippen molar-refractivity contribution in [3.63, 3.8) is 0 Å². The van der Waals surface area contributed by atoms with Gasteiger partial charge in [0.25, 0.3) is 0 Å². The predicted octanol–water partition coefficient (Wildman–Crippen LogP) is 2.48. The molecule has 0 radical (unpaired) electrons. The zero-order valence-corrected chi connectivity index (χ0v) is 11.0. The van der Waals surface area contributed by atoms with Gasteiger partial charge in [0.1, 0.15) is 0 Å². The van der Waals surface area contributed by atoms with Crippen LogP contribution in [-0.2, 0) is 4.79 Å². The first-order chi connectivity index (χ1) is 7.52. The smallest absolute Gasteiger partial charge is 0.220 e. The van der Waals surface area contributed by atoms with Crippen molar-refractivity contribution < 1.29 is 9.90 Å². The van der Waals surface area contributed by atoms with Gasteiger partial charge in [0, 0.05) is 19.6 Å². The Morgan fingerprint density at radius 2 is 1.94 bits per heavy atom. The Morgan fingerprint density at radius 1 is 1.25 bits per heavy atom. The largest absolute Gasteiger partial charge is 0.396 e. The summed E-state index contributed by atoms with van der Waals surface area (Å²) in [7, 11) is 0. The van der Waals surface area contributed by atoms with E-state index in [2.05, 4.69) is 26.1 Å². The number of carbonyl (C=O) groups excluding carboxylic acids is 1. The van der Waals surface area contributed by atoms with Gasteiger partial charge in [0.2, 0.25) is 5.91 Å². The molecule has 1 amide bonds. The molecule has 0 aromatic rings. The first kappa shape index (κ1) is 15.4. The zero-order valence-electron chi connectivity index (χ0n) is 11.0. The maximum Gasteiger partial charge on any atom is 0.220 e. The summed E-state index contributed by atoms with van der Waals surface area (Å²) in [5.41, 5.74) is 0.185. The second-order valence-corrected chi connectivity index (χ2v) is 5.23. The molecule has 0 bridgehead atoms. The van der Waals surface area contributed by atoms with Crippen LogP contribution >= 0.6 is 0 Å². The third-order valence-electron chi connectivity index (χ3n) is 2.78. The molecule has 0 atom stereocenters. The van der Waals surface area contributed by atoms with Crippen LogP contribution in [0.3, 0.4) is 0 Å². The van der Waals surface area contributed by atoms with Gasteiger partial charge in [-0.3, -0.25) is 4.79 Å². The molecule has 0 heterocycles. The first-order valence-corrected chi connectivity index (χ1v) is 6.39. The number of hydrogen-bond donors (Lipinski definition) is 2. The Kier molecular flexibility index (Phi) is 8.26. The van der Waals surface area contributed by atoms with Crippen LogP contribution in [0, 0.1) is 5.41 Å². The molecule has 16 heavy (non-hydrogen) atoms. The van der Waals surface area contributed by atoms with E-state index in [9.17, 15) is 4.79 Å². The third-order valence-corrected chi connectivity index (χ3v) is 2.78. The van der Waals surface area contributed by atoms with Gasteiger partial charge in [0.15, 0.2) is 0 Å². The fourth-order valence-electron chi connectivity index (χ4n) is 1.61. The fraction of sp³-hybridized carbons (Fsp3) is 0.923. The summed E-state index contributed by atoms with van der Waals surface area (Å²) in [6.07, 6.45) is 5.88. The topological polar surface area (TPSA) is 49.3 Å². The third kappa shape index (κ3) is 8.72. The summed E-state index contributed by atoms with van der Waals surface area (Å²) >= 11 is 0. The van der Waals surface area contributed by atoms with Crippen molar-refractivity contribution in [1.29, 1.82) is 0 Å². The van der Waals surface area contributed by atoms with Crippen LogP contribution in [0.15, 0.2) is 0 Å². The average Bonchev–Trinajstić information content (AvgIpc) is 2.24. The second-order valence-electron chi connectivity index (χ2n) is 5.23. The highest BCUT2D eigenvalue weighted by molar-refractivity contribution is 5.75. The van der Waals surface area contributed by atoms with Crippen LogP contribution in [0.25, 0.3) is 0 Å². The van der Waals surface area contributed by atoms with Crippen LogP contribution in [0.1, 0.15) is 59.3 Å². The molecule has 0 aliphatic carbocycles. The van der Waals surface area contributed by atoms with E-state index in [1.54, 1.807) is 0 Å². The Bertz CT molecular complexity index is 190. The number of hydrogen-bond acceptors (Lipinski definition) is 2. The highest BCUT2D eigenvalue weighted by Crippen LogP contribution is 2.22. The predicted molar refractivity (Wildman–Crippen MR) is 67.3 cm³/mol. The standard InChI is InChI=1S/C13H27NO2/c1-4-5-6-9-13(2,3)11-14-12(16)8-7-10-15/h15H,4-11H2,1-3H3,(H,14,16). The molecule has 0 aromatic heterocycles. The van der Waals surface area contributed by atoms with E-state index in [1.807, 2.05) is 0 Å². The van der Waals surface area contributed by atoms with E-state index in [0.29, 0.717) is 12.8 Å². The van der Waals surface area contributed by atoms with Crippen LogP contribution in [-0.4, -0.2) is 24.2 Å². The second kappa shape index (κ2) is 8.57. The Labute approximate surface area is 99.6 Å². The molecule has 3 nitrogen and oxygen atoms in total. The normalized spacial score (nSPS) is 11.5. The van der Waals surface area contributed by atoms with Gasteiger partial charge in [-0.05, 0) is 18.3 Å². The summed E-state index contributed by atoms with van der Waals surface area (Å²) in [5.74, 6) is 0.0533. The van der Waals surface area contributed by atoms with Crippen LogP contribution < -0.4 is 5.32 Å². The fourth-order valence-corrected chi connectivity index (χ4v) is 1.61. The summed E-state index contributed by atoms with van der Waals surface area (Å²) < 4.78 is 0. The molecule has 0 aliphatic rings. The van der Waals surface area contributed by atoms with Gasteiger partial charge in [-0.15, -0.1) is 0 Å². The summed E-state index contributed by atoms with van der Waals surface area (Å²) in [6, 6.07) is 0. The molecule has 0 unspecified atom stereocenters. The van der Waals surface area contributed by atoms with Gasteiger partial charge in [-0.2, -0.15) is 0 Å². The van der Waals surface area contributed by atoms with E-state index >= 15 is 0 Å². The van der Waals surface area contributed by atoms with Crippen molar-refractivity contribution >= 4 is 5.91 Å². The maximum atomic E-state index is 11.4.